The number of rotatable bonds is 29. The van der Waals surface area contributed by atoms with E-state index in [0.29, 0.717) is 137 Å². The Balaban J connectivity index is 0.526. The zero-order valence-electron chi connectivity index (χ0n) is 50.0. The SMILES string of the molecule is O=C(NCCCCNC(=O)NCCOCCN1CC[C@H](NS(=O)(=O)c2ccc(O[C@H]3c4cc(Cl)cc(Cl)c4C[C@@H]3N3CCNCC3)c(F)c2)C1)NCCOCCN1CC[C@H](NS(=O)(=O)c2ccc(O[C@H]3c4cc(Cl)cc(Cl)c4C[C@@H]3N3CCNCC3)c(F)c2)C1. The maximum atomic E-state index is 15.7. The minimum atomic E-state index is -4.05. The number of likely N-dealkylation sites (tertiary alicyclic amines) is 2. The average Bonchev–Trinajstić information content (AvgIpc) is 1.67. The highest BCUT2D eigenvalue weighted by molar-refractivity contribution is 7.89. The zero-order valence-corrected chi connectivity index (χ0v) is 54.6. The van der Waals surface area contributed by atoms with Gasteiger partial charge in [-0.3, -0.25) is 19.6 Å². The summed E-state index contributed by atoms with van der Waals surface area (Å²) in [5, 5.41) is 19.8. The van der Waals surface area contributed by atoms with Gasteiger partial charge in [0, 0.05) is 148 Å². The van der Waals surface area contributed by atoms with Crippen LogP contribution in [-0.4, -0.2) is 217 Å². The zero-order chi connectivity index (χ0) is 63.4. The molecule has 6 aliphatic rings. The van der Waals surface area contributed by atoms with Crippen molar-refractivity contribution in [3.63, 3.8) is 0 Å². The van der Waals surface area contributed by atoms with Gasteiger partial charge in [0.05, 0.1) is 48.3 Å². The maximum absolute atomic E-state index is 15.7. The first-order valence-electron chi connectivity index (χ1n) is 30.8. The number of carbonyl (C=O) groups excluding carboxylic acids is 2. The fourth-order valence-electron chi connectivity index (χ4n) is 12.6. The topological polar surface area (TPSA) is 249 Å². The minimum absolute atomic E-state index is 0.0604. The molecular formula is C60H80Cl4F2N12O10S2. The fraction of sp³-hybridized carbons (Fsp3) is 0.567. The van der Waals surface area contributed by atoms with Gasteiger partial charge in [-0.25, -0.2) is 44.6 Å². The standard InChI is InChI=1S/C60H80Cl4F2N12O10S2/c61-39-29-47-45(49(63)31-39)35-53(77-19-11-67-12-20-77)57(47)87-55-5-3-43(33-51(55)65)89(81,82)73-41-7-17-75(37-41)23-27-85-25-15-71-59(79)69-9-1-2-10-70-60(80)72-16-26-86-28-24-76-18-8-42(38-76)74-90(83,84)44-4-6-56(52(66)34-44)88-58-48-30-40(62)32-50(64)46(48)36-54(58)78-21-13-68-14-22-78/h3-6,29-34,41-42,53-54,57-58,67-68,73-74H,1-2,7-28,35-38H2,(H2,69,71,79)(H2,70,72,80)/t41-,42-,53-,54-,57-,58-/m0/s1. The van der Waals surface area contributed by atoms with E-state index in [-0.39, 0.29) is 70.7 Å². The number of piperazine rings is 2. The molecule has 4 aliphatic heterocycles. The molecule has 10 rings (SSSR count). The molecule has 4 fully saturated rings. The van der Waals surface area contributed by atoms with Crippen molar-refractivity contribution in [3.05, 3.63) is 115 Å². The van der Waals surface area contributed by atoms with E-state index in [0.717, 1.165) is 86.7 Å². The van der Waals surface area contributed by atoms with E-state index in [1.165, 1.54) is 24.3 Å². The average molecular weight is 1370 g/mol. The van der Waals surface area contributed by atoms with Crippen molar-refractivity contribution < 1.29 is 54.2 Å². The van der Waals surface area contributed by atoms with Crippen molar-refractivity contribution in [1.29, 1.82) is 0 Å². The number of ether oxygens (including phenoxy) is 4. The van der Waals surface area contributed by atoms with E-state index in [1.807, 2.05) is 0 Å². The highest BCUT2D eigenvalue weighted by atomic mass is 35.5. The van der Waals surface area contributed by atoms with Gasteiger partial charge in [0.25, 0.3) is 0 Å². The molecule has 0 bridgehead atoms. The van der Waals surface area contributed by atoms with E-state index in [4.69, 9.17) is 65.4 Å². The summed E-state index contributed by atoms with van der Waals surface area (Å²) in [5.74, 6) is -1.70. The van der Waals surface area contributed by atoms with Gasteiger partial charge >= 0.3 is 12.1 Å². The summed E-state index contributed by atoms with van der Waals surface area (Å²) >= 11 is 26.0. The first-order valence-corrected chi connectivity index (χ1v) is 35.3. The fourth-order valence-corrected chi connectivity index (χ4v) is 16.3. The molecule has 4 heterocycles. The third kappa shape index (κ3) is 18.3. The summed E-state index contributed by atoms with van der Waals surface area (Å²) in [5.41, 5.74) is 3.41. The van der Waals surface area contributed by atoms with Gasteiger partial charge < -0.3 is 50.8 Å². The van der Waals surface area contributed by atoms with Gasteiger partial charge in [-0.05, 0) is 123 Å². The first kappa shape index (κ1) is 68.4. The normalized spacial score (nSPS) is 22.6. The van der Waals surface area contributed by atoms with Crippen LogP contribution in [0.25, 0.3) is 0 Å². The number of hydrogen-bond donors (Lipinski definition) is 8. The third-order valence-electron chi connectivity index (χ3n) is 17.2. The Morgan fingerprint density at radius 1 is 0.533 bits per heavy atom. The summed E-state index contributed by atoms with van der Waals surface area (Å²) in [6, 6.07) is 12.8. The largest absolute Gasteiger partial charge is 0.481 e. The van der Waals surface area contributed by atoms with E-state index >= 15 is 8.78 Å². The van der Waals surface area contributed by atoms with Crippen LogP contribution in [0.3, 0.4) is 0 Å². The molecule has 30 heteroatoms. The van der Waals surface area contributed by atoms with Crippen LogP contribution >= 0.6 is 46.4 Å². The van der Waals surface area contributed by atoms with Gasteiger partial charge in [-0.1, -0.05) is 46.4 Å². The van der Waals surface area contributed by atoms with Gasteiger partial charge in [-0.15, -0.1) is 0 Å². The van der Waals surface area contributed by atoms with E-state index in [1.54, 1.807) is 24.3 Å². The molecule has 4 aromatic carbocycles. The smallest absolute Gasteiger partial charge is 0.314 e. The third-order valence-corrected chi connectivity index (χ3v) is 21.4. The van der Waals surface area contributed by atoms with Crippen LogP contribution in [0.2, 0.25) is 20.1 Å². The molecule has 2 aliphatic carbocycles. The van der Waals surface area contributed by atoms with E-state index in [9.17, 15) is 26.4 Å². The lowest BCUT2D eigenvalue weighted by atomic mass is 10.1. The number of halogens is 6. The Hall–Kier alpha value is -4.46. The number of fused-ring (bicyclic) bond motifs is 2. The number of unbranched alkanes of at least 4 members (excludes halogenated alkanes) is 1. The predicted molar refractivity (Wildman–Crippen MR) is 340 cm³/mol. The Labute approximate surface area is 545 Å². The van der Waals surface area contributed by atoms with Gasteiger partial charge in [0.15, 0.2) is 23.1 Å². The Morgan fingerprint density at radius 3 is 1.33 bits per heavy atom. The minimum Gasteiger partial charge on any atom is -0.481 e. The lowest BCUT2D eigenvalue weighted by Crippen LogP contribution is -2.50. The number of urea groups is 2. The number of hydrogen-bond acceptors (Lipinski definition) is 16. The molecule has 6 atom stereocenters. The lowest BCUT2D eigenvalue weighted by molar-refractivity contribution is 0.0667. The van der Waals surface area contributed by atoms with Crippen molar-refractivity contribution in [3.8, 4) is 11.5 Å². The number of nitrogens with zero attached hydrogens (tertiary/aromatic N) is 4. The van der Waals surface area contributed by atoms with Gasteiger partial charge in [0.2, 0.25) is 20.0 Å². The van der Waals surface area contributed by atoms with Crippen LogP contribution in [-0.2, 0) is 42.4 Å². The van der Waals surface area contributed by atoms with Crippen molar-refractivity contribution in [2.75, 3.05) is 144 Å². The molecule has 0 radical (unpaired) electrons. The van der Waals surface area contributed by atoms with Crippen LogP contribution in [0.15, 0.2) is 70.5 Å². The highest BCUT2D eigenvalue weighted by Crippen LogP contribution is 2.45. The Bertz CT molecular complexity index is 3150. The monoisotopic (exact) mass is 1370 g/mol. The molecule has 0 aromatic heterocycles. The maximum Gasteiger partial charge on any atom is 0.314 e. The van der Waals surface area contributed by atoms with Gasteiger partial charge in [-0.2, -0.15) is 0 Å². The summed E-state index contributed by atoms with van der Waals surface area (Å²) in [6.45, 7) is 12.5. The molecule has 90 heavy (non-hydrogen) atoms. The summed E-state index contributed by atoms with van der Waals surface area (Å²) in [7, 11) is -8.10. The van der Waals surface area contributed by atoms with Crippen LogP contribution in [0.5, 0.6) is 11.5 Å². The quantitative estimate of drug-likeness (QED) is 0.0322. The second-order valence-electron chi connectivity index (χ2n) is 23.4. The van der Waals surface area contributed by atoms with Gasteiger partial charge in [0.1, 0.15) is 12.2 Å². The predicted octanol–water partition coefficient (Wildman–Crippen LogP) is 5.30. The number of carbonyl (C=O) groups is 2. The molecule has 0 saturated carbocycles. The molecule has 22 nitrogen and oxygen atoms in total. The number of amides is 4. The van der Waals surface area contributed by atoms with E-state index in [2.05, 4.69) is 60.9 Å². The number of sulfonamides is 2. The van der Waals surface area contributed by atoms with Crippen molar-refractivity contribution >= 4 is 78.5 Å². The summed E-state index contributed by atoms with van der Waals surface area (Å²) in [6.07, 6.45) is 2.54. The van der Waals surface area contributed by atoms with Crippen LogP contribution in [0.4, 0.5) is 18.4 Å². The molecule has 8 N–H and O–H groups in total. The number of benzene rings is 4. The molecule has 4 amide bonds. The van der Waals surface area contributed by atoms with Crippen molar-refractivity contribution in [2.24, 2.45) is 0 Å². The second-order valence-corrected chi connectivity index (χ2v) is 28.5. The Kier molecular flexibility index (Phi) is 24.4. The molecule has 4 saturated heterocycles. The summed E-state index contributed by atoms with van der Waals surface area (Å²) < 4.78 is 115. The lowest BCUT2D eigenvalue weighted by Gasteiger charge is -2.36. The highest BCUT2D eigenvalue weighted by Gasteiger charge is 2.42. The molecule has 494 valence electrons. The van der Waals surface area contributed by atoms with Crippen LogP contribution in [0, 0.1) is 11.6 Å². The van der Waals surface area contributed by atoms with Crippen molar-refractivity contribution in [1.82, 2.24) is 60.9 Å². The molecular weight excluding hydrogens is 1290 g/mol. The van der Waals surface area contributed by atoms with Crippen molar-refractivity contribution in [2.45, 2.75) is 84.7 Å². The molecule has 4 aromatic rings. The van der Waals surface area contributed by atoms with Crippen LogP contribution < -0.4 is 50.8 Å². The van der Waals surface area contributed by atoms with Crippen LogP contribution in [0.1, 0.15) is 60.1 Å². The molecule has 0 unspecified atom stereocenters. The van der Waals surface area contributed by atoms with E-state index < -0.39 is 43.9 Å². The number of nitrogens with one attached hydrogen (secondary N) is 8. The first-order chi connectivity index (χ1) is 43.4. The second kappa shape index (κ2) is 32.1. The summed E-state index contributed by atoms with van der Waals surface area (Å²) in [4.78, 5) is 33.0. The molecule has 0 spiro atoms. The Morgan fingerprint density at radius 2 is 0.933 bits per heavy atom.